The molecule has 0 spiro atoms. The highest BCUT2D eigenvalue weighted by atomic mass is 32.2. The molecule has 186 valence electrons. The Morgan fingerprint density at radius 2 is 1.57 bits per heavy atom. The number of carbonyl (C=O) groups excluding carboxylic acids is 3. The molecule has 2 aliphatic rings. The maximum absolute atomic E-state index is 13.0. The van der Waals surface area contributed by atoms with Gasteiger partial charge in [-0.3, -0.25) is 14.5 Å². The zero-order valence-corrected chi connectivity index (χ0v) is 20.7. The van der Waals surface area contributed by atoms with Crippen molar-refractivity contribution in [2.45, 2.75) is 50.0 Å². The van der Waals surface area contributed by atoms with E-state index in [0.29, 0.717) is 24.3 Å². The first kappa shape index (κ1) is 24.9. The Labute approximate surface area is 205 Å². The smallest absolute Gasteiger partial charge is 0.325 e. The van der Waals surface area contributed by atoms with E-state index in [1.807, 2.05) is 19.1 Å². The second kappa shape index (κ2) is 9.79. The molecule has 4 amide bonds. The van der Waals surface area contributed by atoms with E-state index in [9.17, 15) is 22.8 Å². The van der Waals surface area contributed by atoms with Crippen LogP contribution in [0, 0.1) is 6.92 Å². The summed E-state index contributed by atoms with van der Waals surface area (Å²) in [7, 11) is -3.59. The average Bonchev–Trinajstić information content (AvgIpc) is 3.03. The average molecular weight is 499 g/mol. The molecule has 1 unspecified atom stereocenters. The van der Waals surface area contributed by atoms with Gasteiger partial charge in [-0.05, 0) is 56.5 Å². The fourth-order valence-electron chi connectivity index (χ4n) is 4.41. The molecule has 35 heavy (non-hydrogen) atoms. The number of sulfonamides is 1. The first-order valence-corrected chi connectivity index (χ1v) is 13.2. The first-order chi connectivity index (χ1) is 16.6. The van der Waals surface area contributed by atoms with Gasteiger partial charge in [-0.2, -0.15) is 4.31 Å². The predicted octanol–water partition coefficient (Wildman–Crippen LogP) is 2.97. The van der Waals surface area contributed by atoms with E-state index in [1.54, 1.807) is 19.1 Å². The highest BCUT2D eigenvalue weighted by Crippen LogP contribution is 2.29. The lowest BCUT2D eigenvalue weighted by Crippen LogP contribution is -2.42. The molecule has 0 bridgehead atoms. The molecule has 0 radical (unpaired) electrons. The minimum Gasteiger partial charge on any atom is -0.325 e. The quantitative estimate of drug-likeness (QED) is 0.594. The van der Waals surface area contributed by atoms with E-state index in [2.05, 4.69) is 10.6 Å². The Kier molecular flexibility index (Phi) is 6.95. The van der Waals surface area contributed by atoms with E-state index < -0.39 is 40.0 Å². The van der Waals surface area contributed by atoms with E-state index in [0.717, 1.165) is 36.1 Å². The minimum absolute atomic E-state index is 0.167. The summed E-state index contributed by atoms with van der Waals surface area (Å²) in [6.45, 7) is 4.09. The van der Waals surface area contributed by atoms with Gasteiger partial charge in [0.15, 0.2) is 0 Å². The third-order valence-corrected chi connectivity index (χ3v) is 8.46. The van der Waals surface area contributed by atoms with Crippen LogP contribution in [-0.4, -0.2) is 55.1 Å². The van der Waals surface area contributed by atoms with Crippen molar-refractivity contribution in [3.63, 3.8) is 0 Å². The molecule has 1 atom stereocenters. The van der Waals surface area contributed by atoms with Crippen LogP contribution >= 0.6 is 0 Å². The molecule has 2 aliphatic heterocycles. The molecule has 2 saturated heterocycles. The summed E-state index contributed by atoms with van der Waals surface area (Å²) < 4.78 is 27.4. The van der Waals surface area contributed by atoms with E-state index in [4.69, 9.17) is 0 Å². The van der Waals surface area contributed by atoms with Gasteiger partial charge in [0.25, 0.3) is 5.91 Å². The molecule has 2 aromatic rings. The van der Waals surface area contributed by atoms with Crippen molar-refractivity contribution in [3.05, 3.63) is 59.7 Å². The molecule has 2 aromatic carbocycles. The second-order valence-corrected chi connectivity index (χ2v) is 11.1. The zero-order chi connectivity index (χ0) is 25.2. The number of imide groups is 1. The fraction of sp³-hybridized carbons (Fsp3) is 0.400. The lowest BCUT2D eigenvalue weighted by molar-refractivity contribution is -0.133. The number of carbonyl (C=O) groups is 3. The standard InChI is InChI=1S/C25H30N4O5S/c1-18-7-9-19(10-8-18)25(2)23(31)29(24(32)27-25)17-22(30)26-20-11-13-21(14-12-20)35(33,34)28-15-5-3-4-6-16-28/h7-14H,3-6,15-17H2,1-2H3,(H,26,30)(H,27,32). The number of urea groups is 1. The number of amides is 4. The van der Waals surface area contributed by atoms with Crippen LogP contribution in [0.1, 0.15) is 43.7 Å². The SMILES string of the molecule is Cc1ccc(C2(C)NC(=O)N(CC(=O)Nc3ccc(S(=O)(=O)N4CCCCCC4)cc3)C2=O)cc1. The summed E-state index contributed by atoms with van der Waals surface area (Å²) in [4.78, 5) is 39.2. The number of nitrogens with one attached hydrogen (secondary N) is 2. The summed E-state index contributed by atoms with van der Waals surface area (Å²) in [5, 5.41) is 5.31. The van der Waals surface area contributed by atoms with Crippen molar-refractivity contribution in [2.24, 2.45) is 0 Å². The lowest BCUT2D eigenvalue weighted by Gasteiger charge is -2.22. The number of rotatable bonds is 6. The van der Waals surface area contributed by atoms with Gasteiger partial charge in [-0.25, -0.2) is 13.2 Å². The summed E-state index contributed by atoms with van der Waals surface area (Å²) in [6, 6.07) is 12.5. The van der Waals surface area contributed by atoms with Crippen LogP contribution in [0.25, 0.3) is 0 Å². The zero-order valence-electron chi connectivity index (χ0n) is 19.9. The summed E-state index contributed by atoms with van der Waals surface area (Å²) in [5.41, 5.74) is 0.772. The molecule has 9 nitrogen and oxygen atoms in total. The van der Waals surface area contributed by atoms with Crippen LogP contribution in [-0.2, 0) is 25.2 Å². The Morgan fingerprint density at radius 1 is 0.971 bits per heavy atom. The number of nitrogens with zero attached hydrogens (tertiary/aromatic N) is 2. The number of hydrogen-bond acceptors (Lipinski definition) is 5. The minimum atomic E-state index is -3.59. The molecule has 2 heterocycles. The third-order valence-electron chi connectivity index (χ3n) is 6.55. The Bertz CT molecular complexity index is 1220. The number of aryl methyl sites for hydroxylation is 1. The second-order valence-electron chi connectivity index (χ2n) is 9.20. The van der Waals surface area contributed by atoms with Crippen LogP contribution in [0.2, 0.25) is 0 Å². The van der Waals surface area contributed by atoms with Crippen LogP contribution in [0.15, 0.2) is 53.4 Å². The van der Waals surface area contributed by atoms with Gasteiger partial charge in [-0.1, -0.05) is 42.7 Å². The van der Waals surface area contributed by atoms with Gasteiger partial charge in [-0.15, -0.1) is 0 Å². The van der Waals surface area contributed by atoms with E-state index >= 15 is 0 Å². The van der Waals surface area contributed by atoms with Crippen molar-refractivity contribution >= 4 is 33.6 Å². The van der Waals surface area contributed by atoms with Crippen LogP contribution in [0.5, 0.6) is 0 Å². The van der Waals surface area contributed by atoms with Gasteiger partial charge in [0, 0.05) is 18.8 Å². The molecule has 0 aromatic heterocycles. The lowest BCUT2D eigenvalue weighted by atomic mass is 9.91. The van der Waals surface area contributed by atoms with Crippen LogP contribution < -0.4 is 10.6 Å². The third kappa shape index (κ3) is 5.08. The van der Waals surface area contributed by atoms with Gasteiger partial charge in [0.1, 0.15) is 12.1 Å². The molecule has 2 N–H and O–H groups in total. The Hall–Kier alpha value is -3.24. The number of hydrogen-bond donors (Lipinski definition) is 2. The highest BCUT2D eigenvalue weighted by molar-refractivity contribution is 7.89. The monoisotopic (exact) mass is 498 g/mol. The molecule has 0 saturated carbocycles. The Morgan fingerprint density at radius 3 is 2.17 bits per heavy atom. The molecular formula is C25H30N4O5S. The van der Waals surface area contributed by atoms with Gasteiger partial charge in [0.05, 0.1) is 4.90 Å². The van der Waals surface area contributed by atoms with Crippen molar-refractivity contribution < 1.29 is 22.8 Å². The maximum atomic E-state index is 13.0. The molecule has 10 heteroatoms. The van der Waals surface area contributed by atoms with Crippen molar-refractivity contribution in [2.75, 3.05) is 25.0 Å². The maximum Gasteiger partial charge on any atom is 0.325 e. The number of anilines is 1. The summed E-state index contributed by atoms with van der Waals surface area (Å²) in [5.74, 6) is -1.08. The van der Waals surface area contributed by atoms with Crippen molar-refractivity contribution in [3.8, 4) is 0 Å². The topological polar surface area (TPSA) is 116 Å². The van der Waals surface area contributed by atoms with Crippen molar-refractivity contribution in [1.82, 2.24) is 14.5 Å². The largest absolute Gasteiger partial charge is 0.325 e. The molecule has 2 fully saturated rings. The predicted molar refractivity (Wildman–Crippen MR) is 131 cm³/mol. The van der Waals surface area contributed by atoms with Gasteiger partial charge >= 0.3 is 6.03 Å². The number of benzene rings is 2. The van der Waals surface area contributed by atoms with Gasteiger partial charge < -0.3 is 10.6 Å². The molecular weight excluding hydrogens is 468 g/mol. The van der Waals surface area contributed by atoms with Crippen LogP contribution in [0.4, 0.5) is 10.5 Å². The normalized spacial score (nSPS) is 21.5. The van der Waals surface area contributed by atoms with E-state index in [1.165, 1.54) is 28.6 Å². The first-order valence-electron chi connectivity index (χ1n) is 11.7. The highest BCUT2D eigenvalue weighted by Gasteiger charge is 2.49. The van der Waals surface area contributed by atoms with Crippen LogP contribution in [0.3, 0.4) is 0 Å². The van der Waals surface area contributed by atoms with E-state index in [-0.39, 0.29) is 4.90 Å². The molecule has 4 rings (SSSR count). The van der Waals surface area contributed by atoms with Crippen molar-refractivity contribution in [1.29, 1.82) is 0 Å². The van der Waals surface area contributed by atoms with Gasteiger partial charge in [0.2, 0.25) is 15.9 Å². The summed E-state index contributed by atoms with van der Waals surface area (Å²) >= 11 is 0. The fourth-order valence-corrected chi connectivity index (χ4v) is 5.93. The summed E-state index contributed by atoms with van der Waals surface area (Å²) in [6.07, 6.45) is 3.75. The molecule has 0 aliphatic carbocycles. The Balaban J connectivity index is 1.41.